The molecule has 7 atom stereocenters. The van der Waals surface area contributed by atoms with Crippen LogP contribution >= 0.6 is 11.6 Å². The molecule has 3 heterocycles. The number of aliphatic hydroxyl groups is 1. The fourth-order valence-corrected chi connectivity index (χ4v) is 10.7. The van der Waals surface area contributed by atoms with Crippen LogP contribution in [0.15, 0.2) is 114 Å². The fraction of sp³-hybridized carbons (Fsp3) is 0.403. The summed E-state index contributed by atoms with van der Waals surface area (Å²) in [4.78, 5) is 126. The summed E-state index contributed by atoms with van der Waals surface area (Å²) in [5, 5.41) is 42.4. The molecule has 0 aliphatic carbocycles. The van der Waals surface area contributed by atoms with Crippen LogP contribution in [0.25, 0.3) is 21.8 Å². The highest BCUT2D eigenvalue weighted by Gasteiger charge is 2.39. The molecule has 0 radical (unpaired) electrons. The number of benzene rings is 4. The van der Waals surface area contributed by atoms with Crippen molar-refractivity contribution in [2.24, 2.45) is 22.4 Å². The van der Waals surface area contributed by atoms with E-state index in [1.54, 1.807) is 43.6 Å². The Balaban J connectivity index is 1.14. The first-order valence-corrected chi connectivity index (χ1v) is 29.4. The van der Waals surface area contributed by atoms with E-state index in [0.29, 0.717) is 47.5 Å². The van der Waals surface area contributed by atoms with Gasteiger partial charge in [0, 0.05) is 84.5 Å². The van der Waals surface area contributed by atoms with E-state index in [4.69, 9.17) is 23.1 Å². The number of nitrogens with zero attached hydrogens (tertiary/aromatic N) is 2. The molecular weight excluding hydrogens is 1120 g/mol. The molecule has 1 aliphatic heterocycles. The van der Waals surface area contributed by atoms with Gasteiger partial charge >= 0.3 is 0 Å². The standard InChI is InChI=1S/C62H78ClN13O10/c1-4-66-60(85)53-16-10-28-76(53)61(86)47(15-9-27-67-62(64)65)71-55(80)48(29-36(2)3)72-58(83)51(32-40-34-69-46-14-8-6-12-44(40)46)74-56(81)49(30-38-19-24-42(78)25-20-38)73-59(84)52(35-77)75-57(82)50(31-39-33-68-45-13-7-5-11-43(39)45)70-54(79)26-21-37-17-22-41(63)23-18-37/h5-8,11-14,17-20,22-25,33-34,36,47-53,68-69,77-78H,4,9-10,15-16,21,26-32,35H2,1-3H3,(H,66,85)(H,70,79)(H,71,80)(H,72,83)(H,73,84)(H,74,81)(H,75,82)(H4,64,65,67)/t47-,48-,49-,50+,51+,52-,53-/m0/s1. The van der Waals surface area contributed by atoms with Crippen molar-refractivity contribution in [3.63, 3.8) is 0 Å². The number of guanidine groups is 1. The number of carbonyl (C=O) groups excluding carboxylic acids is 8. The van der Waals surface area contributed by atoms with E-state index in [2.05, 4.69) is 52.2 Å². The lowest BCUT2D eigenvalue weighted by atomic mass is 9.99. The molecule has 86 heavy (non-hydrogen) atoms. The topological polar surface area (TPSA) is 360 Å². The number of aliphatic hydroxyl groups excluding tert-OH is 1. The monoisotopic (exact) mass is 1200 g/mol. The maximum Gasteiger partial charge on any atom is 0.245 e. The Labute approximate surface area is 503 Å². The second kappa shape index (κ2) is 31.3. The molecule has 0 unspecified atom stereocenters. The first kappa shape index (κ1) is 64.6. The lowest BCUT2D eigenvalue weighted by molar-refractivity contribution is -0.142. The number of amides is 8. The molecule has 0 bridgehead atoms. The van der Waals surface area contributed by atoms with Gasteiger partial charge in [0.05, 0.1) is 6.61 Å². The Bertz CT molecular complexity index is 3340. The molecule has 7 rings (SSSR count). The van der Waals surface area contributed by atoms with E-state index >= 15 is 0 Å². The number of fused-ring (bicyclic) bond motifs is 2. The van der Waals surface area contributed by atoms with Crippen molar-refractivity contribution in [1.29, 1.82) is 0 Å². The molecule has 24 heteroatoms. The third kappa shape index (κ3) is 18.3. The normalized spacial score (nSPS) is 15.1. The number of aromatic hydroxyl groups is 1. The summed E-state index contributed by atoms with van der Waals surface area (Å²) < 4.78 is 0. The van der Waals surface area contributed by atoms with Gasteiger partial charge in [-0.2, -0.15) is 0 Å². The van der Waals surface area contributed by atoms with Gasteiger partial charge in [-0.1, -0.05) is 86.1 Å². The number of aryl methyl sites for hydroxylation is 1. The number of aromatic nitrogens is 2. The molecule has 23 nitrogen and oxygen atoms in total. The van der Waals surface area contributed by atoms with E-state index in [0.717, 1.165) is 27.4 Å². The number of nitrogens with two attached hydrogens (primary N) is 2. The molecule has 4 aromatic carbocycles. The van der Waals surface area contributed by atoms with Gasteiger partial charge < -0.3 is 73.8 Å². The van der Waals surface area contributed by atoms with Gasteiger partial charge in [-0.25, -0.2) is 0 Å². The number of likely N-dealkylation sites (tertiary alicyclic amines) is 1. The van der Waals surface area contributed by atoms with Crippen LogP contribution in [0.3, 0.4) is 0 Å². The molecule has 8 amide bonds. The quantitative estimate of drug-likeness (QED) is 0.0176. The maximum absolute atomic E-state index is 15.0. The number of rotatable bonds is 30. The molecule has 2 aromatic heterocycles. The van der Waals surface area contributed by atoms with Gasteiger partial charge in [-0.05, 0) is 110 Å². The van der Waals surface area contributed by atoms with Crippen LogP contribution in [-0.2, 0) is 64.0 Å². The molecule has 1 saturated heterocycles. The average molecular weight is 1200 g/mol. The van der Waals surface area contributed by atoms with E-state index < -0.39 is 90.3 Å². The number of hydrogen-bond donors (Lipinski definition) is 13. The van der Waals surface area contributed by atoms with Crippen LogP contribution in [0, 0.1) is 5.92 Å². The Morgan fingerprint density at radius 3 is 1.74 bits per heavy atom. The second-order valence-corrected chi connectivity index (χ2v) is 22.3. The number of halogens is 1. The number of nitrogens with one attached hydrogen (secondary N) is 9. The summed E-state index contributed by atoms with van der Waals surface area (Å²) in [6, 6.07) is 18.6. The third-order valence-corrected chi connectivity index (χ3v) is 15.2. The van der Waals surface area contributed by atoms with Crippen molar-refractivity contribution < 1.29 is 48.6 Å². The maximum atomic E-state index is 15.0. The van der Waals surface area contributed by atoms with Crippen molar-refractivity contribution in [1.82, 2.24) is 52.1 Å². The molecule has 0 saturated carbocycles. The van der Waals surface area contributed by atoms with Gasteiger partial charge in [-0.3, -0.25) is 43.3 Å². The molecule has 1 aliphatic rings. The average Bonchev–Trinajstić information content (AvgIpc) is 3.28. The minimum absolute atomic E-state index is 0.00714. The number of phenols is 1. The predicted octanol–water partition coefficient (Wildman–Crippen LogP) is 2.80. The zero-order chi connectivity index (χ0) is 61.9. The summed E-state index contributed by atoms with van der Waals surface area (Å²) in [5.41, 5.74) is 15.3. The molecule has 1 fully saturated rings. The summed E-state index contributed by atoms with van der Waals surface area (Å²) in [6.45, 7) is 5.32. The van der Waals surface area contributed by atoms with E-state index in [9.17, 15) is 48.6 Å². The lowest BCUT2D eigenvalue weighted by Gasteiger charge is -2.30. The molecule has 15 N–H and O–H groups in total. The summed E-state index contributed by atoms with van der Waals surface area (Å²) in [6.07, 6.45) is 4.86. The van der Waals surface area contributed by atoms with Crippen molar-refractivity contribution >= 4 is 86.6 Å². The molecule has 458 valence electrons. The summed E-state index contributed by atoms with van der Waals surface area (Å²) in [7, 11) is 0. The Morgan fingerprint density at radius 2 is 1.17 bits per heavy atom. The number of H-pyrrole nitrogens is 2. The van der Waals surface area contributed by atoms with Crippen molar-refractivity contribution in [2.45, 2.75) is 127 Å². The summed E-state index contributed by atoms with van der Waals surface area (Å²) >= 11 is 6.07. The van der Waals surface area contributed by atoms with Gasteiger partial charge in [0.15, 0.2) is 5.96 Å². The predicted molar refractivity (Wildman–Crippen MR) is 327 cm³/mol. The zero-order valence-electron chi connectivity index (χ0n) is 48.5. The van der Waals surface area contributed by atoms with Crippen LogP contribution < -0.4 is 48.7 Å². The number of hydrogen-bond acceptors (Lipinski definition) is 11. The van der Waals surface area contributed by atoms with Gasteiger partial charge in [0.2, 0.25) is 47.3 Å². The fourth-order valence-electron chi connectivity index (χ4n) is 10.5. The largest absolute Gasteiger partial charge is 0.508 e. The van der Waals surface area contributed by atoms with E-state index in [1.807, 2.05) is 62.4 Å². The highest BCUT2D eigenvalue weighted by molar-refractivity contribution is 6.30. The molecule has 6 aromatic rings. The van der Waals surface area contributed by atoms with Crippen LogP contribution in [0.5, 0.6) is 5.75 Å². The van der Waals surface area contributed by atoms with Gasteiger partial charge in [0.25, 0.3) is 0 Å². The zero-order valence-corrected chi connectivity index (χ0v) is 49.3. The molecular formula is C62H78ClN13O10. The van der Waals surface area contributed by atoms with E-state index in [1.165, 1.54) is 29.2 Å². The first-order chi connectivity index (χ1) is 41.3. The van der Waals surface area contributed by atoms with Gasteiger partial charge in [-0.15, -0.1) is 0 Å². The minimum atomic E-state index is -1.67. The Kier molecular flexibility index (Phi) is 23.5. The Morgan fingerprint density at radius 1 is 0.663 bits per heavy atom. The van der Waals surface area contributed by atoms with Crippen molar-refractivity contribution in [3.8, 4) is 5.75 Å². The SMILES string of the molecule is CCNC(=O)[C@@H]1CCCN1C(=O)[C@H](CCCN=C(N)N)NC(=O)[C@H](CC(C)C)NC(=O)[C@@H](Cc1c[nH]c2ccccc12)NC(=O)[C@H](Cc1ccc(O)cc1)NC(=O)[C@H](CO)NC(=O)[C@@H](Cc1c[nH]c2ccccc12)NC(=O)CCc1ccc(Cl)cc1. The minimum Gasteiger partial charge on any atom is -0.508 e. The number of aliphatic imine (C=N–C) groups is 1. The highest BCUT2D eigenvalue weighted by Crippen LogP contribution is 2.24. The van der Waals surface area contributed by atoms with Crippen LogP contribution in [0.4, 0.5) is 0 Å². The van der Waals surface area contributed by atoms with Crippen LogP contribution in [0.2, 0.25) is 5.02 Å². The number of likely N-dealkylation sites (N-methyl/N-ethyl adjacent to an activating group) is 1. The third-order valence-electron chi connectivity index (χ3n) is 15.0. The lowest BCUT2D eigenvalue weighted by Crippen LogP contribution is -2.61. The number of aromatic amines is 2. The first-order valence-electron chi connectivity index (χ1n) is 29.0. The van der Waals surface area contributed by atoms with Crippen LogP contribution in [0.1, 0.15) is 81.5 Å². The number of carbonyl (C=O) groups is 8. The summed E-state index contributed by atoms with van der Waals surface area (Å²) in [5.74, 6) is -5.82. The van der Waals surface area contributed by atoms with Crippen molar-refractivity contribution in [2.75, 3.05) is 26.2 Å². The van der Waals surface area contributed by atoms with Crippen LogP contribution in [-0.4, -0.2) is 147 Å². The van der Waals surface area contributed by atoms with Crippen molar-refractivity contribution in [3.05, 3.63) is 137 Å². The number of para-hydroxylation sites is 2. The Hall–Kier alpha value is -8.96. The second-order valence-electron chi connectivity index (χ2n) is 21.9. The highest BCUT2D eigenvalue weighted by atomic mass is 35.5. The number of phenolic OH excluding ortho intramolecular Hbond substituents is 1. The smallest absolute Gasteiger partial charge is 0.245 e. The molecule has 0 spiro atoms. The van der Waals surface area contributed by atoms with Gasteiger partial charge in [0.1, 0.15) is 48.0 Å². The van der Waals surface area contributed by atoms with E-state index in [-0.39, 0.29) is 81.6 Å².